The molecule has 2 aliphatic rings. The van der Waals surface area contributed by atoms with Gasteiger partial charge in [-0.25, -0.2) is 4.39 Å². The van der Waals surface area contributed by atoms with E-state index < -0.39 is 0 Å². The third kappa shape index (κ3) is 5.01. The van der Waals surface area contributed by atoms with E-state index in [0.29, 0.717) is 29.9 Å². The van der Waals surface area contributed by atoms with Gasteiger partial charge in [-0.05, 0) is 36.4 Å². The molecule has 9 heteroatoms. The molecule has 3 aromatic rings. The van der Waals surface area contributed by atoms with Gasteiger partial charge in [0.15, 0.2) is 11.6 Å². The van der Waals surface area contributed by atoms with E-state index in [1.54, 1.807) is 18.3 Å². The van der Waals surface area contributed by atoms with E-state index in [1.165, 1.54) is 11.9 Å². The molecule has 2 unspecified atom stereocenters. The fourth-order valence-electron chi connectivity index (χ4n) is 3.44. The normalized spacial score (nSPS) is 20.1. The van der Waals surface area contributed by atoms with Gasteiger partial charge in [0.2, 0.25) is 0 Å². The van der Waals surface area contributed by atoms with Gasteiger partial charge < -0.3 is 22.4 Å². The third-order valence-corrected chi connectivity index (χ3v) is 5.73. The molecule has 0 spiro atoms. The molecule has 2 atom stereocenters. The Morgan fingerprint density at radius 1 is 1.32 bits per heavy atom. The molecule has 0 saturated heterocycles. The molecule has 3 heterocycles. The molecule has 1 aliphatic carbocycles. The number of hydrogen-bond donors (Lipinski definition) is 4. The molecular weight excluding hydrogens is 601 g/mol. The quantitative estimate of drug-likeness (QED) is 0.259. The van der Waals surface area contributed by atoms with Gasteiger partial charge in [-0.2, -0.15) is 23.3 Å². The Kier molecular flexibility index (Phi) is 7.63. The maximum absolute atomic E-state index is 14.5. The zero-order chi connectivity index (χ0) is 18.6. The van der Waals surface area contributed by atoms with Crippen molar-refractivity contribution < 1.29 is 35.5 Å². The molecule has 144 valence electrons. The Hall–Kier alpha value is -1.27. The minimum Gasteiger partial charge on any atom is -0.390 e. The molecule has 4 N–H and O–H groups in total. The van der Waals surface area contributed by atoms with Crippen LogP contribution in [0.3, 0.4) is 0 Å². The summed E-state index contributed by atoms with van der Waals surface area (Å²) < 4.78 is 17.5. The Morgan fingerprint density at radius 3 is 2.89 bits per heavy atom. The van der Waals surface area contributed by atoms with Gasteiger partial charge >= 0.3 is 31.1 Å². The van der Waals surface area contributed by atoms with Crippen LogP contribution in [0.25, 0.3) is 0 Å². The summed E-state index contributed by atoms with van der Waals surface area (Å²) >= 11 is 1.47. The molecule has 28 heavy (non-hydrogen) atoms. The van der Waals surface area contributed by atoms with Crippen molar-refractivity contribution in [3.8, 4) is 0 Å². The van der Waals surface area contributed by atoms with Crippen LogP contribution in [0.15, 0.2) is 35.4 Å². The van der Waals surface area contributed by atoms with Crippen molar-refractivity contribution in [1.29, 1.82) is 0 Å². The maximum Gasteiger partial charge on any atom is 2.00 e. The first kappa shape index (κ1) is 21.4. The van der Waals surface area contributed by atoms with Crippen LogP contribution >= 0.6 is 11.9 Å². The molecule has 0 radical (unpaired) electrons. The molecule has 2 aromatic heterocycles. The number of H-pyrrole nitrogens is 2. The number of fused-ring (bicyclic) bond motifs is 1. The minimum atomic E-state index is -0.196. The Labute approximate surface area is 191 Å². The molecule has 6 nitrogen and oxygen atoms in total. The van der Waals surface area contributed by atoms with E-state index in [4.69, 9.17) is 0 Å². The third-order valence-electron chi connectivity index (χ3n) is 4.83. The van der Waals surface area contributed by atoms with Gasteiger partial charge in [0.1, 0.15) is 0 Å². The van der Waals surface area contributed by atoms with E-state index >= 15 is 0 Å². The molecule has 0 amide bonds. The second-order valence-electron chi connectivity index (χ2n) is 6.74. The molecule has 5 rings (SSSR count). The predicted molar refractivity (Wildman–Crippen MR) is 104 cm³/mol. The number of aromatic nitrogens is 4. The molecule has 1 aliphatic heterocycles. The van der Waals surface area contributed by atoms with Gasteiger partial charge in [-0.1, -0.05) is 12.8 Å². The average Bonchev–Trinajstić information content (AvgIpc) is 3.46. The van der Waals surface area contributed by atoms with Crippen LogP contribution in [0, 0.1) is 56.0 Å². The predicted octanol–water partition coefficient (Wildman–Crippen LogP) is 4.33. The first-order valence-corrected chi connectivity index (χ1v) is 9.74. The fourth-order valence-corrected chi connectivity index (χ4v) is 4.23. The summed E-state index contributed by atoms with van der Waals surface area (Å²) in [7, 11) is 0. The van der Waals surface area contributed by atoms with Crippen molar-refractivity contribution in [2.75, 3.05) is 5.32 Å². The van der Waals surface area contributed by atoms with E-state index in [1.807, 2.05) is 12.1 Å². The number of halogens is 1. The van der Waals surface area contributed by atoms with Crippen LogP contribution in [0.2, 0.25) is 0 Å². The summed E-state index contributed by atoms with van der Waals surface area (Å²) in [6, 6.07) is 7.40. The van der Waals surface area contributed by atoms with Crippen molar-refractivity contribution in [2.45, 2.75) is 36.6 Å². The van der Waals surface area contributed by atoms with Crippen LogP contribution in [0.5, 0.6) is 0 Å². The summed E-state index contributed by atoms with van der Waals surface area (Å²) in [5, 5.41) is 16.5. The van der Waals surface area contributed by atoms with Gasteiger partial charge in [0, 0.05) is 28.8 Å². The van der Waals surface area contributed by atoms with Crippen molar-refractivity contribution in [1.82, 2.24) is 25.1 Å². The molecule has 0 bridgehead atoms. The largest absolute Gasteiger partial charge is 2.00 e. The molecule has 1 fully saturated rings. The van der Waals surface area contributed by atoms with Gasteiger partial charge in [-0.15, -0.1) is 6.20 Å². The first-order chi connectivity index (χ1) is 13.2. The standard InChI is InChI=1S/C16H18FN4S.C3H3N2.U/c1-9-2-3-10(6-9)13-7-15(21-20-13)19-12-4-5-14-11(16(12)17)8-18-22-14;1-2-4-5-3-1;/h4-5,7,9-10,18H,1-3,6,8H2,(H2,19,20,21);1-2H,(H,4,5);/q2*-1;+2. The summed E-state index contributed by atoms with van der Waals surface area (Å²) in [6.45, 7) is 4.68. The fraction of sp³-hybridized carbons (Fsp3) is 0.316. The number of benzene rings is 1. The zero-order valence-electron chi connectivity index (χ0n) is 15.3. The van der Waals surface area contributed by atoms with Crippen molar-refractivity contribution in [3.63, 3.8) is 0 Å². The van der Waals surface area contributed by atoms with Crippen LogP contribution < -0.4 is 10.0 Å². The monoisotopic (exact) mass is 622 g/mol. The maximum atomic E-state index is 14.5. The van der Waals surface area contributed by atoms with Crippen LogP contribution in [-0.2, 0) is 6.54 Å². The summed E-state index contributed by atoms with van der Waals surface area (Å²) in [5.74, 6) is 1.50. The topological polar surface area (TPSA) is 81.4 Å². The van der Waals surface area contributed by atoms with Crippen molar-refractivity contribution in [3.05, 3.63) is 60.7 Å². The average molecular weight is 623 g/mol. The SMILES string of the molecule is [CH2-]C1CCC(c2cc(Nc3ccc4c(c3F)CNS4)n[nH]2)C1.[U+2].[c-]1ccn[nH]1. The Bertz CT molecular complexity index is 867. The first-order valence-electron chi connectivity index (χ1n) is 8.92. The van der Waals surface area contributed by atoms with E-state index in [9.17, 15) is 4.39 Å². The van der Waals surface area contributed by atoms with Gasteiger partial charge in [0.05, 0.1) is 5.69 Å². The van der Waals surface area contributed by atoms with Crippen LogP contribution in [0.4, 0.5) is 15.9 Å². The zero-order valence-corrected chi connectivity index (χ0v) is 20.2. The number of nitrogens with zero attached hydrogens (tertiary/aromatic N) is 2. The van der Waals surface area contributed by atoms with Crippen LogP contribution in [-0.4, -0.2) is 20.4 Å². The second-order valence-corrected chi connectivity index (χ2v) is 7.67. The molecule has 1 aromatic carbocycles. The van der Waals surface area contributed by atoms with E-state index in [0.717, 1.165) is 35.4 Å². The number of anilines is 2. The van der Waals surface area contributed by atoms with Gasteiger partial charge in [0.25, 0.3) is 0 Å². The summed E-state index contributed by atoms with van der Waals surface area (Å²) in [5.41, 5.74) is 2.32. The number of aromatic amines is 2. The number of rotatable bonds is 3. The minimum absolute atomic E-state index is 0. The van der Waals surface area contributed by atoms with E-state index in [2.05, 4.69) is 43.6 Å². The summed E-state index contributed by atoms with van der Waals surface area (Å²) in [6.07, 6.45) is 7.67. The van der Waals surface area contributed by atoms with Crippen molar-refractivity contribution >= 4 is 23.5 Å². The number of nitrogens with one attached hydrogen (secondary N) is 4. The smallest absolute Gasteiger partial charge is 0.390 e. The van der Waals surface area contributed by atoms with E-state index in [-0.39, 0.29) is 36.9 Å². The summed E-state index contributed by atoms with van der Waals surface area (Å²) in [4.78, 5) is 0.957. The Balaban J connectivity index is 0.000000329. The molecular formula is C19H21FN6SU. The van der Waals surface area contributed by atoms with Crippen molar-refractivity contribution in [2.24, 2.45) is 5.92 Å². The second kappa shape index (κ2) is 9.97. The Morgan fingerprint density at radius 2 is 2.21 bits per heavy atom. The van der Waals surface area contributed by atoms with Gasteiger partial charge in [-0.3, -0.25) is 9.82 Å². The number of hydrogen-bond acceptors (Lipinski definition) is 5. The van der Waals surface area contributed by atoms with Crippen LogP contribution in [0.1, 0.15) is 36.4 Å². The molecule has 1 saturated carbocycles.